The molecule has 0 radical (unpaired) electrons. The molecule has 35 heavy (non-hydrogen) atoms. The van der Waals surface area contributed by atoms with Gasteiger partial charge in [0.05, 0.1) is 14.2 Å². The van der Waals surface area contributed by atoms with Crippen molar-refractivity contribution in [1.29, 1.82) is 0 Å². The van der Waals surface area contributed by atoms with Gasteiger partial charge in [-0.05, 0) is 57.0 Å². The lowest BCUT2D eigenvalue weighted by atomic mass is 9.94. The van der Waals surface area contributed by atoms with Gasteiger partial charge in [-0.3, -0.25) is 9.59 Å². The van der Waals surface area contributed by atoms with Crippen LogP contribution in [0.5, 0.6) is 11.5 Å². The molecule has 1 N–H and O–H groups in total. The van der Waals surface area contributed by atoms with Crippen molar-refractivity contribution in [2.75, 3.05) is 27.3 Å². The van der Waals surface area contributed by atoms with Crippen molar-refractivity contribution >= 4 is 11.8 Å². The van der Waals surface area contributed by atoms with Crippen LogP contribution in [0, 0.1) is 0 Å². The van der Waals surface area contributed by atoms with E-state index in [-0.39, 0.29) is 17.7 Å². The normalized spacial score (nSPS) is 14.5. The summed E-state index contributed by atoms with van der Waals surface area (Å²) in [4.78, 5) is 32.1. The molecule has 1 saturated heterocycles. The fraction of sp³-hybridized carbons (Fsp3) is 0.385. The Morgan fingerprint density at radius 2 is 1.71 bits per heavy atom. The number of rotatable bonds is 7. The first kappa shape index (κ1) is 24.3. The summed E-state index contributed by atoms with van der Waals surface area (Å²) >= 11 is 0. The molecular weight excluding hydrogens is 448 g/mol. The van der Waals surface area contributed by atoms with Gasteiger partial charge in [0.1, 0.15) is 5.54 Å². The SMILES string of the molecule is COc1ccc(-c2noc(C3CCN(C(=O)C(C)(C)NC(=O)c4ccccc4)CC3)n2)cc1OC. The average molecular weight is 479 g/mol. The van der Waals surface area contributed by atoms with Gasteiger partial charge in [-0.1, -0.05) is 23.4 Å². The van der Waals surface area contributed by atoms with Crippen molar-refractivity contribution < 1.29 is 23.6 Å². The predicted molar refractivity (Wildman–Crippen MR) is 129 cm³/mol. The van der Waals surface area contributed by atoms with Gasteiger partial charge >= 0.3 is 0 Å². The second-order valence-corrected chi connectivity index (χ2v) is 9.04. The third-order valence-corrected chi connectivity index (χ3v) is 6.21. The number of methoxy groups -OCH3 is 2. The lowest BCUT2D eigenvalue weighted by Gasteiger charge is -2.36. The molecule has 3 aromatic rings. The fourth-order valence-electron chi connectivity index (χ4n) is 4.22. The minimum atomic E-state index is -1.02. The summed E-state index contributed by atoms with van der Waals surface area (Å²) in [6, 6.07) is 14.3. The molecule has 0 unspecified atom stereocenters. The number of carbonyl (C=O) groups is 2. The molecule has 0 aliphatic carbocycles. The summed E-state index contributed by atoms with van der Waals surface area (Å²) in [6.07, 6.45) is 1.39. The Bertz CT molecular complexity index is 1180. The van der Waals surface area contributed by atoms with Gasteiger partial charge in [0.25, 0.3) is 5.91 Å². The van der Waals surface area contributed by atoms with Gasteiger partial charge in [0.15, 0.2) is 11.5 Å². The maximum absolute atomic E-state index is 13.2. The summed E-state index contributed by atoms with van der Waals surface area (Å²) < 4.78 is 16.2. The molecule has 0 bridgehead atoms. The van der Waals surface area contributed by atoms with Crippen molar-refractivity contribution in [2.24, 2.45) is 0 Å². The number of hydrogen-bond donors (Lipinski definition) is 1. The van der Waals surface area contributed by atoms with Gasteiger partial charge in [-0.25, -0.2) is 0 Å². The largest absolute Gasteiger partial charge is 0.493 e. The summed E-state index contributed by atoms with van der Waals surface area (Å²) in [5.41, 5.74) is 0.264. The Kier molecular flexibility index (Phi) is 7.04. The third-order valence-electron chi connectivity index (χ3n) is 6.21. The molecule has 1 fully saturated rings. The third kappa shape index (κ3) is 5.29. The number of hydrogen-bond acceptors (Lipinski definition) is 7. The lowest BCUT2D eigenvalue weighted by Crippen LogP contribution is -2.57. The van der Waals surface area contributed by atoms with Crippen molar-refractivity contribution in [3.05, 3.63) is 60.0 Å². The number of piperidine rings is 1. The number of amides is 2. The van der Waals surface area contributed by atoms with Crippen LogP contribution in [-0.4, -0.2) is 59.7 Å². The molecule has 2 amide bonds. The highest BCUT2D eigenvalue weighted by molar-refractivity contribution is 5.98. The van der Waals surface area contributed by atoms with Crippen molar-refractivity contribution in [2.45, 2.75) is 38.1 Å². The van der Waals surface area contributed by atoms with Gasteiger partial charge < -0.3 is 24.2 Å². The Balaban J connectivity index is 1.37. The molecular formula is C26H30N4O5. The maximum Gasteiger partial charge on any atom is 0.252 e. The number of carbonyl (C=O) groups excluding carboxylic acids is 2. The maximum atomic E-state index is 13.2. The summed E-state index contributed by atoms with van der Waals surface area (Å²) in [5.74, 6) is 1.92. The van der Waals surface area contributed by atoms with E-state index in [0.29, 0.717) is 54.7 Å². The van der Waals surface area contributed by atoms with Gasteiger partial charge in [-0.15, -0.1) is 0 Å². The monoisotopic (exact) mass is 478 g/mol. The second kappa shape index (κ2) is 10.2. The van der Waals surface area contributed by atoms with Gasteiger partial charge in [-0.2, -0.15) is 4.98 Å². The molecule has 9 nitrogen and oxygen atoms in total. The van der Waals surface area contributed by atoms with E-state index >= 15 is 0 Å². The van der Waals surface area contributed by atoms with Crippen LogP contribution in [0.1, 0.15) is 48.9 Å². The number of likely N-dealkylation sites (tertiary alicyclic amines) is 1. The number of ether oxygens (including phenoxy) is 2. The predicted octanol–water partition coefficient (Wildman–Crippen LogP) is 3.67. The summed E-state index contributed by atoms with van der Waals surface area (Å²) in [5, 5.41) is 7.00. The van der Waals surface area contributed by atoms with Crippen LogP contribution >= 0.6 is 0 Å². The Morgan fingerprint density at radius 1 is 1.03 bits per heavy atom. The average Bonchev–Trinajstić information content (AvgIpc) is 3.38. The zero-order chi connectivity index (χ0) is 25.0. The highest BCUT2D eigenvalue weighted by atomic mass is 16.5. The van der Waals surface area contributed by atoms with E-state index in [0.717, 1.165) is 5.56 Å². The zero-order valence-electron chi connectivity index (χ0n) is 20.4. The van der Waals surface area contributed by atoms with E-state index < -0.39 is 5.54 Å². The topological polar surface area (TPSA) is 107 Å². The fourth-order valence-corrected chi connectivity index (χ4v) is 4.22. The van der Waals surface area contributed by atoms with Crippen LogP contribution in [0.25, 0.3) is 11.4 Å². The van der Waals surface area contributed by atoms with E-state index in [1.165, 1.54) is 0 Å². The number of nitrogens with one attached hydrogen (secondary N) is 1. The summed E-state index contributed by atoms with van der Waals surface area (Å²) in [6.45, 7) is 4.55. The van der Waals surface area contributed by atoms with Crippen LogP contribution in [0.4, 0.5) is 0 Å². The molecule has 9 heteroatoms. The quantitative estimate of drug-likeness (QED) is 0.552. The molecule has 1 aromatic heterocycles. The molecule has 1 aliphatic rings. The first-order valence-electron chi connectivity index (χ1n) is 11.6. The second-order valence-electron chi connectivity index (χ2n) is 9.04. The van der Waals surface area contributed by atoms with Crippen molar-refractivity contribution in [3.63, 3.8) is 0 Å². The van der Waals surface area contributed by atoms with E-state index in [1.807, 2.05) is 12.1 Å². The van der Waals surface area contributed by atoms with Crippen LogP contribution in [-0.2, 0) is 4.79 Å². The molecule has 0 saturated carbocycles. The first-order valence-corrected chi connectivity index (χ1v) is 11.6. The van der Waals surface area contributed by atoms with Crippen LogP contribution < -0.4 is 14.8 Å². The number of aromatic nitrogens is 2. The lowest BCUT2D eigenvalue weighted by molar-refractivity contribution is -0.137. The smallest absolute Gasteiger partial charge is 0.252 e. The minimum absolute atomic E-state index is 0.0578. The van der Waals surface area contributed by atoms with Crippen LogP contribution in [0.2, 0.25) is 0 Å². The Hall–Kier alpha value is -3.88. The molecule has 1 aliphatic heterocycles. The summed E-state index contributed by atoms with van der Waals surface area (Å²) in [7, 11) is 3.16. The first-order chi connectivity index (χ1) is 16.8. The van der Waals surface area contributed by atoms with E-state index in [9.17, 15) is 9.59 Å². The van der Waals surface area contributed by atoms with Gasteiger partial charge in [0, 0.05) is 30.1 Å². The minimum Gasteiger partial charge on any atom is -0.493 e. The van der Waals surface area contributed by atoms with Crippen molar-refractivity contribution in [3.8, 4) is 22.9 Å². The molecule has 0 atom stereocenters. The molecule has 184 valence electrons. The molecule has 2 heterocycles. The van der Waals surface area contributed by atoms with E-state index in [1.54, 1.807) is 69.4 Å². The Morgan fingerprint density at radius 3 is 2.37 bits per heavy atom. The van der Waals surface area contributed by atoms with Crippen molar-refractivity contribution in [1.82, 2.24) is 20.4 Å². The molecule has 0 spiro atoms. The van der Waals surface area contributed by atoms with Gasteiger partial charge in [0.2, 0.25) is 17.6 Å². The zero-order valence-corrected chi connectivity index (χ0v) is 20.4. The Labute approximate surface area is 204 Å². The number of benzene rings is 2. The standard InChI is InChI=1S/C26H30N4O5/c1-26(2,28-23(31)17-8-6-5-7-9-17)25(32)30-14-12-18(13-15-30)24-27-22(29-35-24)19-10-11-20(33-3)21(16-19)34-4/h5-11,16,18H,12-15H2,1-4H3,(H,28,31). The molecule has 2 aromatic carbocycles. The van der Waals surface area contributed by atoms with Crippen LogP contribution in [0.3, 0.4) is 0 Å². The van der Waals surface area contributed by atoms with Crippen LogP contribution in [0.15, 0.2) is 53.1 Å². The highest BCUT2D eigenvalue weighted by Crippen LogP contribution is 2.33. The van der Waals surface area contributed by atoms with E-state index in [4.69, 9.17) is 14.0 Å². The molecule has 4 rings (SSSR count). The highest BCUT2D eigenvalue weighted by Gasteiger charge is 2.36. The van der Waals surface area contributed by atoms with E-state index in [2.05, 4.69) is 15.5 Å². The number of nitrogens with zero attached hydrogens (tertiary/aromatic N) is 3.